The molecule has 0 atom stereocenters. The monoisotopic (exact) mass is 304 g/mol. The minimum atomic E-state index is 0.731. The molecule has 2 aromatic rings. The fraction of sp³-hybridized carbons (Fsp3) is 0.571. The van der Waals surface area contributed by atoms with Crippen LogP contribution in [0.4, 0.5) is 0 Å². The maximum atomic E-state index is 4.41. The van der Waals surface area contributed by atoms with E-state index >= 15 is 0 Å². The number of hydrogen-bond donors (Lipinski definition) is 1. The number of fused-ring (bicyclic) bond motifs is 1. The highest BCUT2D eigenvalue weighted by molar-refractivity contribution is 7.99. The van der Waals surface area contributed by atoms with Crippen molar-refractivity contribution in [2.75, 3.05) is 6.54 Å². The third-order valence-electron chi connectivity index (χ3n) is 3.52. The van der Waals surface area contributed by atoms with Gasteiger partial charge in [0.05, 0.1) is 0 Å². The second kappa shape index (κ2) is 7.00. The molecule has 0 aromatic carbocycles. The molecule has 1 N–H and O–H groups in total. The molecule has 0 aliphatic carbocycles. The van der Waals surface area contributed by atoms with Crippen LogP contribution >= 0.6 is 11.8 Å². The highest BCUT2D eigenvalue weighted by Crippen LogP contribution is 2.25. The first kappa shape index (κ1) is 14.5. The van der Waals surface area contributed by atoms with Crippen LogP contribution < -0.4 is 5.32 Å². The standard InChI is InChI=1S/C14H20N6S/c1-2-15-8-11-9-16-13(17-10-11)21-14-19-18-12-6-4-3-5-7-20(12)14/h9-10,15H,2-8H2,1H3. The van der Waals surface area contributed by atoms with Crippen LogP contribution in [-0.2, 0) is 19.5 Å². The van der Waals surface area contributed by atoms with Crippen LogP contribution in [0.3, 0.4) is 0 Å². The molecular formula is C14H20N6S. The molecule has 0 spiro atoms. The number of aryl methyl sites for hydroxylation is 1. The molecule has 0 saturated carbocycles. The quantitative estimate of drug-likeness (QED) is 0.853. The molecule has 3 heterocycles. The van der Waals surface area contributed by atoms with E-state index in [1.807, 2.05) is 12.4 Å². The molecule has 7 heteroatoms. The van der Waals surface area contributed by atoms with Gasteiger partial charge in [-0.3, -0.25) is 0 Å². The van der Waals surface area contributed by atoms with Gasteiger partial charge in [-0.1, -0.05) is 13.3 Å². The van der Waals surface area contributed by atoms with Gasteiger partial charge >= 0.3 is 0 Å². The van der Waals surface area contributed by atoms with Gasteiger partial charge in [0, 0.05) is 37.5 Å². The molecule has 0 amide bonds. The Hall–Kier alpha value is -1.47. The third kappa shape index (κ3) is 3.59. The van der Waals surface area contributed by atoms with Crippen molar-refractivity contribution < 1.29 is 0 Å². The summed E-state index contributed by atoms with van der Waals surface area (Å²) in [4.78, 5) is 8.82. The third-order valence-corrected chi connectivity index (χ3v) is 4.40. The van der Waals surface area contributed by atoms with Crippen molar-refractivity contribution in [3.63, 3.8) is 0 Å². The molecule has 0 saturated heterocycles. The van der Waals surface area contributed by atoms with Gasteiger partial charge in [-0.2, -0.15) is 0 Å². The summed E-state index contributed by atoms with van der Waals surface area (Å²) < 4.78 is 2.22. The Morgan fingerprint density at radius 3 is 2.86 bits per heavy atom. The molecule has 0 fully saturated rings. The fourth-order valence-electron chi connectivity index (χ4n) is 2.37. The summed E-state index contributed by atoms with van der Waals surface area (Å²) in [6, 6.07) is 0. The smallest absolute Gasteiger partial charge is 0.199 e. The molecule has 1 aliphatic heterocycles. The first-order valence-electron chi connectivity index (χ1n) is 7.48. The maximum Gasteiger partial charge on any atom is 0.199 e. The van der Waals surface area contributed by atoms with E-state index < -0.39 is 0 Å². The Kier molecular flexibility index (Phi) is 4.82. The number of rotatable bonds is 5. The lowest BCUT2D eigenvalue weighted by Crippen LogP contribution is -2.12. The van der Waals surface area contributed by atoms with Crippen molar-refractivity contribution in [1.29, 1.82) is 0 Å². The summed E-state index contributed by atoms with van der Waals surface area (Å²) in [7, 11) is 0. The average Bonchev–Trinajstić information content (AvgIpc) is 2.74. The van der Waals surface area contributed by atoms with Crippen molar-refractivity contribution in [2.24, 2.45) is 0 Å². The van der Waals surface area contributed by atoms with E-state index in [1.165, 1.54) is 31.0 Å². The summed E-state index contributed by atoms with van der Waals surface area (Å²) in [5, 5.41) is 13.5. The van der Waals surface area contributed by atoms with Gasteiger partial charge in [0.2, 0.25) is 0 Å². The Labute approximate surface area is 128 Å². The highest BCUT2D eigenvalue weighted by atomic mass is 32.2. The predicted molar refractivity (Wildman–Crippen MR) is 81.1 cm³/mol. The van der Waals surface area contributed by atoms with Gasteiger partial charge in [-0.15, -0.1) is 10.2 Å². The van der Waals surface area contributed by atoms with Crippen LogP contribution in [-0.4, -0.2) is 31.3 Å². The Morgan fingerprint density at radius 1 is 1.19 bits per heavy atom. The molecule has 21 heavy (non-hydrogen) atoms. The van der Waals surface area contributed by atoms with Crippen molar-refractivity contribution in [3.05, 3.63) is 23.8 Å². The predicted octanol–water partition coefficient (Wildman–Crippen LogP) is 2.06. The Morgan fingerprint density at radius 2 is 2.05 bits per heavy atom. The van der Waals surface area contributed by atoms with Gasteiger partial charge in [0.25, 0.3) is 0 Å². The van der Waals surface area contributed by atoms with Crippen molar-refractivity contribution >= 4 is 11.8 Å². The second-order valence-corrected chi connectivity index (χ2v) is 6.05. The molecule has 1 aliphatic rings. The Bertz CT molecular complexity index is 580. The molecule has 112 valence electrons. The van der Waals surface area contributed by atoms with Gasteiger partial charge in [-0.05, 0) is 31.1 Å². The molecule has 6 nitrogen and oxygen atoms in total. The maximum absolute atomic E-state index is 4.41. The van der Waals surface area contributed by atoms with Crippen LogP contribution in [0.25, 0.3) is 0 Å². The molecule has 3 rings (SSSR count). The van der Waals surface area contributed by atoms with Gasteiger partial charge in [0.1, 0.15) is 5.82 Å². The molecule has 0 radical (unpaired) electrons. The molecular weight excluding hydrogens is 284 g/mol. The molecule has 2 aromatic heterocycles. The summed E-state index contributed by atoms with van der Waals surface area (Å²) >= 11 is 1.50. The van der Waals surface area contributed by atoms with E-state index in [0.717, 1.165) is 47.8 Å². The van der Waals surface area contributed by atoms with Gasteiger partial charge < -0.3 is 9.88 Å². The average molecular weight is 304 g/mol. The zero-order valence-electron chi connectivity index (χ0n) is 12.2. The number of nitrogens with zero attached hydrogens (tertiary/aromatic N) is 5. The minimum absolute atomic E-state index is 0.731. The van der Waals surface area contributed by atoms with Crippen molar-refractivity contribution in [1.82, 2.24) is 30.0 Å². The summed E-state index contributed by atoms with van der Waals surface area (Å²) in [6.07, 6.45) is 8.44. The highest BCUT2D eigenvalue weighted by Gasteiger charge is 2.16. The zero-order chi connectivity index (χ0) is 14.5. The zero-order valence-corrected chi connectivity index (χ0v) is 13.1. The van der Waals surface area contributed by atoms with Gasteiger partial charge in [-0.25, -0.2) is 9.97 Å². The largest absolute Gasteiger partial charge is 0.313 e. The topological polar surface area (TPSA) is 68.5 Å². The second-order valence-electron chi connectivity index (χ2n) is 5.12. The van der Waals surface area contributed by atoms with E-state index in [-0.39, 0.29) is 0 Å². The van der Waals surface area contributed by atoms with E-state index in [2.05, 4.69) is 37.0 Å². The van der Waals surface area contributed by atoms with Crippen LogP contribution in [0.5, 0.6) is 0 Å². The minimum Gasteiger partial charge on any atom is -0.313 e. The first-order valence-corrected chi connectivity index (χ1v) is 8.30. The van der Waals surface area contributed by atoms with E-state index in [1.54, 1.807) is 0 Å². The number of aromatic nitrogens is 5. The van der Waals surface area contributed by atoms with Crippen LogP contribution in [0.15, 0.2) is 22.7 Å². The first-order chi connectivity index (χ1) is 10.4. The summed E-state index contributed by atoms with van der Waals surface area (Å²) in [5.74, 6) is 1.10. The lowest BCUT2D eigenvalue weighted by atomic mass is 10.2. The fourth-order valence-corrected chi connectivity index (χ4v) is 3.13. The molecule has 0 unspecified atom stereocenters. The van der Waals surface area contributed by atoms with Crippen molar-refractivity contribution in [2.45, 2.75) is 56.0 Å². The lowest BCUT2D eigenvalue weighted by Gasteiger charge is -2.06. The summed E-state index contributed by atoms with van der Waals surface area (Å²) in [5.41, 5.74) is 1.10. The normalized spacial score (nSPS) is 14.7. The van der Waals surface area contributed by atoms with E-state index in [9.17, 15) is 0 Å². The SMILES string of the molecule is CCNCc1cnc(Sc2nnc3n2CCCCC3)nc1. The Balaban J connectivity index is 1.70. The lowest BCUT2D eigenvalue weighted by molar-refractivity contribution is 0.590. The van der Waals surface area contributed by atoms with E-state index in [0.29, 0.717) is 0 Å². The van der Waals surface area contributed by atoms with E-state index in [4.69, 9.17) is 0 Å². The van der Waals surface area contributed by atoms with Gasteiger partial charge in [0.15, 0.2) is 10.3 Å². The molecule has 0 bridgehead atoms. The van der Waals surface area contributed by atoms with Crippen LogP contribution in [0.2, 0.25) is 0 Å². The van der Waals surface area contributed by atoms with Crippen LogP contribution in [0.1, 0.15) is 37.6 Å². The number of nitrogens with one attached hydrogen (secondary N) is 1. The van der Waals surface area contributed by atoms with Crippen molar-refractivity contribution in [3.8, 4) is 0 Å². The van der Waals surface area contributed by atoms with Crippen LogP contribution in [0, 0.1) is 0 Å². The summed E-state index contributed by atoms with van der Waals surface area (Å²) in [6.45, 7) is 4.84. The number of hydrogen-bond acceptors (Lipinski definition) is 6.